The first kappa shape index (κ1) is 14.0. The van der Waals surface area contributed by atoms with E-state index in [2.05, 4.69) is 10.3 Å². The Morgan fingerprint density at radius 1 is 1.19 bits per heavy atom. The summed E-state index contributed by atoms with van der Waals surface area (Å²) < 4.78 is 0. The van der Waals surface area contributed by atoms with Gasteiger partial charge in [-0.15, -0.1) is 0 Å². The lowest BCUT2D eigenvalue weighted by molar-refractivity contribution is 0.00527. The Kier molecular flexibility index (Phi) is 3.88. The number of carbonyl (C=O) groups is 1. The third kappa shape index (κ3) is 3.05. The van der Waals surface area contributed by atoms with Gasteiger partial charge in [-0.25, -0.2) is 0 Å². The lowest BCUT2D eigenvalue weighted by Gasteiger charge is -2.32. The van der Waals surface area contributed by atoms with Crippen molar-refractivity contribution in [2.24, 2.45) is 0 Å². The van der Waals surface area contributed by atoms with E-state index < -0.39 is 5.60 Å². The minimum Gasteiger partial charge on any atom is -0.388 e. The van der Waals surface area contributed by atoms with Crippen LogP contribution in [0.4, 0.5) is 0 Å². The molecule has 0 saturated heterocycles. The highest BCUT2D eigenvalue weighted by molar-refractivity contribution is 6.06. The van der Waals surface area contributed by atoms with Gasteiger partial charge in [0.1, 0.15) is 0 Å². The summed E-state index contributed by atoms with van der Waals surface area (Å²) in [4.78, 5) is 16.7. The summed E-state index contributed by atoms with van der Waals surface area (Å²) >= 11 is 0. The molecule has 1 fully saturated rings. The molecule has 0 bridgehead atoms. The topological polar surface area (TPSA) is 62.2 Å². The first-order valence-electron chi connectivity index (χ1n) is 7.52. The first-order valence-corrected chi connectivity index (χ1v) is 7.52. The van der Waals surface area contributed by atoms with Crippen LogP contribution < -0.4 is 5.32 Å². The fourth-order valence-corrected chi connectivity index (χ4v) is 3.03. The number of hydrogen-bond donors (Lipinski definition) is 2. The molecule has 0 radical (unpaired) electrons. The van der Waals surface area contributed by atoms with E-state index in [9.17, 15) is 9.90 Å². The van der Waals surface area contributed by atoms with Crippen LogP contribution in [0.3, 0.4) is 0 Å². The summed E-state index contributed by atoms with van der Waals surface area (Å²) in [5.74, 6) is -0.146. The van der Waals surface area contributed by atoms with Crippen molar-refractivity contribution < 1.29 is 9.90 Å². The normalized spacial score (nSPS) is 17.6. The van der Waals surface area contributed by atoms with E-state index in [4.69, 9.17) is 0 Å². The van der Waals surface area contributed by atoms with Crippen molar-refractivity contribution >= 4 is 16.8 Å². The molecule has 0 aliphatic heterocycles. The number of aromatic nitrogens is 1. The molecule has 4 nitrogen and oxygen atoms in total. The number of carbonyl (C=O) groups excluding carboxylic acids is 1. The molecule has 110 valence electrons. The Bertz CT molecular complexity index is 643. The molecule has 2 N–H and O–H groups in total. The maximum absolute atomic E-state index is 12.4. The van der Waals surface area contributed by atoms with Crippen LogP contribution in [0.5, 0.6) is 0 Å². The van der Waals surface area contributed by atoms with E-state index in [0.717, 1.165) is 36.6 Å². The van der Waals surface area contributed by atoms with Crippen LogP contribution in [-0.4, -0.2) is 28.1 Å². The third-order valence-corrected chi connectivity index (χ3v) is 4.25. The number of nitrogens with zero attached hydrogens (tertiary/aromatic N) is 1. The van der Waals surface area contributed by atoms with Gasteiger partial charge in [-0.05, 0) is 31.0 Å². The SMILES string of the molecule is O=C(NCC1(O)CCCCC1)c1cccc2ncccc12. The van der Waals surface area contributed by atoms with E-state index in [1.165, 1.54) is 6.42 Å². The molecule has 2 aromatic rings. The predicted octanol–water partition coefficient (Wildman–Crippen LogP) is 2.66. The maximum atomic E-state index is 12.4. The van der Waals surface area contributed by atoms with Crippen molar-refractivity contribution in [3.8, 4) is 0 Å². The van der Waals surface area contributed by atoms with Crippen LogP contribution >= 0.6 is 0 Å². The molecule has 0 spiro atoms. The molecule has 1 aliphatic rings. The van der Waals surface area contributed by atoms with E-state index in [-0.39, 0.29) is 5.91 Å². The highest BCUT2D eigenvalue weighted by Gasteiger charge is 2.29. The van der Waals surface area contributed by atoms with Crippen LogP contribution in [-0.2, 0) is 0 Å². The van der Waals surface area contributed by atoms with Crippen LogP contribution in [0, 0.1) is 0 Å². The summed E-state index contributed by atoms with van der Waals surface area (Å²) in [6, 6.07) is 9.24. The molecule has 1 aromatic carbocycles. The summed E-state index contributed by atoms with van der Waals surface area (Å²) in [6.07, 6.45) is 6.49. The summed E-state index contributed by atoms with van der Waals surface area (Å²) in [6.45, 7) is 0.322. The predicted molar refractivity (Wildman–Crippen MR) is 82.1 cm³/mol. The molecule has 1 saturated carbocycles. The number of pyridine rings is 1. The van der Waals surface area contributed by atoms with Crippen LogP contribution in [0.15, 0.2) is 36.5 Å². The molecule has 1 aromatic heterocycles. The van der Waals surface area contributed by atoms with Gasteiger partial charge >= 0.3 is 0 Å². The van der Waals surface area contributed by atoms with E-state index in [1.807, 2.05) is 24.3 Å². The molecule has 0 unspecified atom stereocenters. The number of aliphatic hydroxyl groups is 1. The number of hydrogen-bond acceptors (Lipinski definition) is 3. The zero-order valence-corrected chi connectivity index (χ0v) is 12.0. The zero-order chi connectivity index (χ0) is 14.7. The van der Waals surface area contributed by atoms with E-state index >= 15 is 0 Å². The highest BCUT2D eigenvalue weighted by atomic mass is 16.3. The van der Waals surface area contributed by atoms with Crippen LogP contribution in [0.2, 0.25) is 0 Å². The summed E-state index contributed by atoms with van der Waals surface area (Å²) in [5, 5.41) is 14.2. The van der Waals surface area contributed by atoms with Gasteiger partial charge in [0, 0.05) is 23.7 Å². The van der Waals surface area contributed by atoms with Crippen molar-refractivity contribution in [1.29, 1.82) is 0 Å². The van der Waals surface area contributed by atoms with Crippen LogP contribution in [0.25, 0.3) is 10.9 Å². The number of nitrogens with one attached hydrogen (secondary N) is 1. The second-order valence-electron chi connectivity index (χ2n) is 5.84. The molecule has 1 heterocycles. The smallest absolute Gasteiger partial charge is 0.252 e. The number of benzene rings is 1. The molecule has 0 atom stereocenters. The standard InChI is InChI=1S/C17H20N2O2/c20-16(19-12-17(21)9-2-1-3-10-17)14-6-4-8-15-13(14)7-5-11-18-15/h4-8,11,21H,1-3,9-10,12H2,(H,19,20). The fraction of sp³-hybridized carbons (Fsp3) is 0.412. The molecular formula is C17H20N2O2. The maximum Gasteiger partial charge on any atom is 0.252 e. The minimum atomic E-state index is -0.739. The van der Waals surface area contributed by atoms with Gasteiger partial charge in [-0.1, -0.05) is 31.4 Å². The molecular weight excluding hydrogens is 264 g/mol. The molecule has 1 amide bonds. The quantitative estimate of drug-likeness (QED) is 0.911. The van der Waals surface area contributed by atoms with Crippen molar-refractivity contribution in [2.75, 3.05) is 6.54 Å². The second-order valence-corrected chi connectivity index (χ2v) is 5.84. The third-order valence-electron chi connectivity index (χ3n) is 4.25. The van der Waals surface area contributed by atoms with Gasteiger partial charge in [0.2, 0.25) is 0 Å². The monoisotopic (exact) mass is 284 g/mol. The Morgan fingerprint density at radius 3 is 2.81 bits per heavy atom. The van der Waals surface area contributed by atoms with Crippen molar-refractivity contribution in [3.05, 3.63) is 42.1 Å². The summed E-state index contributed by atoms with van der Waals surface area (Å²) in [5.41, 5.74) is 0.679. The van der Waals surface area contributed by atoms with E-state index in [1.54, 1.807) is 12.3 Å². The highest BCUT2D eigenvalue weighted by Crippen LogP contribution is 2.27. The molecule has 21 heavy (non-hydrogen) atoms. The zero-order valence-electron chi connectivity index (χ0n) is 12.0. The van der Waals surface area contributed by atoms with Gasteiger partial charge in [0.05, 0.1) is 11.1 Å². The Labute approximate surface area is 124 Å². The average molecular weight is 284 g/mol. The molecule has 4 heteroatoms. The van der Waals surface area contributed by atoms with Crippen molar-refractivity contribution in [3.63, 3.8) is 0 Å². The second kappa shape index (κ2) is 5.82. The van der Waals surface area contributed by atoms with Crippen LogP contribution in [0.1, 0.15) is 42.5 Å². The Balaban J connectivity index is 1.75. The van der Waals surface area contributed by atoms with E-state index in [0.29, 0.717) is 12.1 Å². The fourth-order valence-electron chi connectivity index (χ4n) is 3.03. The Morgan fingerprint density at radius 2 is 2.00 bits per heavy atom. The van der Waals surface area contributed by atoms with Gasteiger partial charge in [0.25, 0.3) is 5.91 Å². The Hall–Kier alpha value is -1.94. The van der Waals surface area contributed by atoms with Gasteiger partial charge in [-0.3, -0.25) is 9.78 Å². The minimum absolute atomic E-state index is 0.146. The average Bonchev–Trinajstić information content (AvgIpc) is 2.53. The molecule has 3 rings (SSSR count). The molecule has 1 aliphatic carbocycles. The number of rotatable bonds is 3. The summed E-state index contributed by atoms with van der Waals surface area (Å²) in [7, 11) is 0. The lowest BCUT2D eigenvalue weighted by Crippen LogP contribution is -2.44. The van der Waals surface area contributed by atoms with Crippen molar-refractivity contribution in [1.82, 2.24) is 10.3 Å². The van der Waals surface area contributed by atoms with Gasteiger partial charge in [-0.2, -0.15) is 0 Å². The van der Waals surface area contributed by atoms with Gasteiger partial charge < -0.3 is 10.4 Å². The number of amides is 1. The largest absolute Gasteiger partial charge is 0.388 e. The number of fused-ring (bicyclic) bond motifs is 1. The van der Waals surface area contributed by atoms with Crippen molar-refractivity contribution in [2.45, 2.75) is 37.7 Å². The lowest BCUT2D eigenvalue weighted by atomic mass is 9.85. The first-order chi connectivity index (χ1) is 10.2. The van der Waals surface area contributed by atoms with Gasteiger partial charge in [0.15, 0.2) is 0 Å².